The molecular formula is C22H12ClFN4O2. The normalized spacial score (nSPS) is 11.4. The molecule has 2 aromatic carbocycles. The first-order valence-corrected chi connectivity index (χ1v) is 9.11. The highest BCUT2D eigenvalue weighted by molar-refractivity contribution is 6.31. The molecule has 0 aliphatic heterocycles. The summed E-state index contributed by atoms with van der Waals surface area (Å²) in [6, 6.07) is 15.3. The van der Waals surface area contributed by atoms with Crippen LogP contribution in [0.25, 0.3) is 28.4 Å². The molecule has 0 fully saturated rings. The highest BCUT2D eigenvalue weighted by atomic mass is 35.5. The number of fused-ring (bicyclic) bond motifs is 1. The second-order valence-electron chi connectivity index (χ2n) is 6.27. The summed E-state index contributed by atoms with van der Waals surface area (Å²) in [6.45, 7) is 0. The lowest BCUT2D eigenvalue weighted by Gasteiger charge is -2.13. The lowest BCUT2D eigenvalue weighted by molar-refractivity contribution is 0.514. The number of aliphatic hydroxyl groups is 1. The minimum atomic E-state index is -0.584. The van der Waals surface area contributed by atoms with Crippen molar-refractivity contribution in [1.29, 1.82) is 5.26 Å². The number of nitriles is 1. The first-order chi connectivity index (χ1) is 14.5. The summed E-state index contributed by atoms with van der Waals surface area (Å²) in [6.07, 6.45) is 2.71. The summed E-state index contributed by atoms with van der Waals surface area (Å²) in [5.41, 5.74) is 0.405. The van der Waals surface area contributed by atoms with E-state index in [2.05, 4.69) is 9.97 Å². The second-order valence-corrected chi connectivity index (χ2v) is 6.63. The van der Waals surface area contributed by atoms with Gasteiger partial charge in [-0.1, -0.05) is 23.7 Å². The van der Waals surface area contributed by atoms with E-state index in [0.717, 1.165) is 10.6 Å². The number of rotatable bonds is 3. The monoisotopic (exact) mass is 418 g/mol. The molecule has 146 valence electrons. The van der Waals surface area contributed by atoms with Gasteiger partial charge in [0.1, 0.15) is 17.4 Å². The fourth-order valence-electron chi connectivity index (χ4n) is 3.05. The molecule has 2 aromatic heterocycles. The van der Waals surface area contributed by atoms with Gasteiger partial charge >= 0.3 is 0 Å². The van der Waals surface area contributed by atoms with E-state index in [1.807, 2.05) is 6.07 Å². The lowest BCUT2D eigenvalue weighted by atomic mass is 10.1. The Morgan fingerprint density at radius 1 is 1.20 bits per heavy atom. The Bertz CT molecular complexity index is 1420. The Morgan fingerprint density at radius 3 is 2.77 bits per heavy atom. The molecule has 0 amide bonds. The number of aromatic nitrogens is 3. The van der Waals surface area contributed by atoms with Crippen LogP contribution in [0.5, 0.6) is 0 Å². The van der Waals surface area contributed by atoms with E-state index in [4.69, 9.17) is 11.6 Å². The molecule has 8 heteroatoms. The summed E-state index contributed by atoms with van der Waals surface area (Å²) < 4.78 is 14.9. The van der Waals surface area contributed by atoms with Gasteiger partial charge in [-0.3, -0.25) is 9.36 Å². The number of hydrogen-bond acceptors (Lipinski definition) is 5. The molecule has 0 unspecified atom stereocenters. The predicted octanol–water partition coefficient (Wildman–Crippen LogP) is 4.50. The topological polar surface area (TPSA) is 91.8 Å². The van der Waals surface area contributed by atoms with Gasteiger partial charge in [-0.05, 0) is 42.5 Å². The third-order valence-corrected chi connectivity index (χ3v) is 4.72. The first kappa shape index (κ1) is 19.3. The standard InChI is InChI=1S/C22H12ClFN4O2/c23-21-18(6-3-9-26-21)28-20(11-19(29)15-5-2-1-4-13(15)12-25)27-17-8-7-14(24)10-16(17)22(28)30/h1-11,29H/b19-11-. The van der Waals surface area contributed by atoms with E-state index in [1.54, 1.807) is 36.4 Å². The third kappa shape index (κ3) is 3.41. The molecule has 0 saturated carbocycles. The van der Waals surface area contributed by atoms with Crippen LogP contribution < -0.4 is 5.56 Å². The maximum Gasteiger partial charge on any atom is 0.266 e. The molecular weight excluding hydrogens is 407 g/mol. The molecule has 0 atom stereocenters. The molecule has 0 aliphatic carbocycles. The van der Waals surface area contributed by atoms with Gasteiger partial charge in [0.25, 0.3) is 5.56 Å². The lowest BCUT2D eigenvalue weighted by Crippen LogP contribution is -2.23. The van der Waals surface area contributed by atoms with Crippen molar-refractivity contribution in [2.45, 2.75) is 0 Å². The maximum atomic E-state index is 13.7. The average molecular weight is 419 g/mol. The number of aliphatic hydroxyl groups excluding tert-OH is 1. The van der Waals surface area contributed by atoms with Gasteiger partial charge in [0.2, 0.25) is 0 Å². The van der Waals surface area contributed by atoms with Gasteiger partial charge in [-0.25, -0.2) is 14.4 Å². The van der Waals surface area contributed by atoms with Gasteiger partial charge in [0.05, 0.1) is 28.2 Å². The van der Waals surface area contributed by atoms with Crippen LogP contribution in [0, 0.1) is 17.1 Å². The smallest absolute Gasteiger partial charge is 0.266 e. The van der Waals surface area contributed by atoms with Crippen molar-refractivity contribution in [3.05, 3.63) is 99.1 Å². The molecule has 0 spiro atoms. The van der Waals surface area contributed by atoms with Crippen LogP contribution in [0.4, 0.5) is 4.39 Å². The molecule has 1 N–H and O–H groups in total. The number of benzene rings is 2. The summed E-state index contributed by atoms with van der Waals surface area (Å²) in [5.74, 6) is -0.812. The van der Waals surface area contributed by atoms with E-state index >= 15 is 0 Å². The summed E-state index contributed by atoms with van der Waals surface area (Å²) in [4.78, 5) is 21.6. The van der Waals surface area contributed by atoms with E-state index in [9.17, 15) is 19.6 Å². The number of halogens is 2. The fraction of sp³-hybridized carbons (Fsp3) is 0. The number of nitrogens with zero attached hydrogens (tertiary/aromatic N) is 4. The quantitative estimate of drug-likeness (QED) is 0.390. The Morgan fingerprint density at radius 2 is 2.00 bits per heavy atom. The van der Waals surface area contributed by atoms with Crippen molar-refractivity contribution in [2.75, 3.05) is 0 Å². The predicted molar refractivity (Wildman–Crippen MR) is 112 cm³/mol. The summed E-state index contributed by atoms with van der Waals surface area (Å²) >= 11 is 6.19. The summed E-state index contributed by atoms with van der Waals surface area (Å²) in [7, 11) is 0. The van der Waals surface area contributed by atoms with Crippen LogP contribution in [0.15, 0.2) is 65.6 Å². The molecule has 6 nitrogen and oxygen atoms in total. The van der Waals surface area contributed by atoms with Gasteiger partial charge < -0.3 is 5.11 Å². The van der Waals surface area contributed by atoms with E-state index in [1.165, 1.54) is 24.4 Å². The molecule has 0 bridgehead atoms. The van der Waals surface area contributed by atoms with Crippen LogP contribution in [-0.4, -0.2) is 19.6 Å². The Hall–Kier alpha value is -4.02. The van der Waals surface area contributed by atoms with Crippen LogP contribution in [0.2, 0.25) is 5.15 Å². The van der Waals surface area contributed by atoms with Crippen molar-refractivity contribution in [2.24, 2.45) is 0 Å². The minimum absolute atomic E-state index is 0.0312. The zero-order valence-electron chi connectivity index (χ0n) is 15.3. The van der Waals surface area contributed by atoms with Gasteiger partial charge in [0, 0.05) is 17.8 Å². The third-order valence-electron chi connectivity index (χ3n) is 4.43. The molecule has 30 heavy (non-hydrogen) atoms. The van der Waals surface area contributed by atoms with Crippen LogP contribution in [0.1, 0.15) is 17.0 Å². The van der Waals surface area contributed by atoms with Crippen LogP contribution >= 0.6 is 11.6 Å². The van der Waals surface area contributed by atoms with E-state index in [-0.39, 0.29) is 44.5 Å². The molecule has 4 rings (SSSR count). The molecule has 0 saturated heterocycles. The first-order valence-electron chi connectivity index (χ1n) is 8.73. The number of pyridine rings is 1. The zero-order valence-corrected chi connectivity index (χ0v) is 16.0. The SMILES string of the molecule is N#Cc1ccccc1/C(O)=C/c1nc2ccc(F)cc2c(=O)n1-c1cccnc1Cl. The van der Waals surface area contributed by atoms with Gasteiger partial charge in [-0.15, -0.1) is 0 Å². The highest BCUT2D eigenvalue weighted by Crippen LogP contribution is 2.23. The van der Waals surface area contributed by atoms with Crippen LogP contribution in [-0.2, 0) is 0 Å². The summed E-state index contributed by atoms with van der Waals surface area (Å²) in [5, 5.41) is 20.0. The van der Waals surface area contributed by atoms with Crippen molar-refractivity contribution in [3.8, 4) is 11.8 Å². The molecule has 0 radical (unpaired) electrons. The van der Waals surface area contributed by atoms with Gasteiger partial charge in [-0.2, -0.15) is 5.26 Å². The van der Waals surface area contributed by atoms with Gasteiger partial charge in [0.15, 0.2) is 5.15 Å². The fourth-order valence-corrected chi connectivity index (χ4v) is 3.26. The highest BCUT2D eigenvalue weighted by Gasteiger charge is 2.16. The maximum absolute atomic E-state index is 13.7. The van der Waals surface area contributed by atoms with E-state index < -0.39 is 11.4 Å². The van der Waals surface area contributed by atoms with Crippen molar-refractivity contribution in [1.82, 2.24) is 14.5 Å². The second kappa shape index (κ2) is 7.78. The number of hydrogen-bond donors (Lipinski definition) is 1. The average Bonchev–Trinajstić information content (AvgIpc) is 2.75. The zero-order chi connectivity index (χ0) is 21.3. The van der Waals surface area contributed by atoms with Crippen LogP contribution in [0.3, 0.4) is 0 Å². The minimum Gasteiger partial charge on any atom is -0.507 e. The Balaban J connectivity index is 2.05. The van der Waals surface area contributed by atoms with Crippen molar-refractivity contribution in [3.63, 3.8) is 0 Å². The molecule has 4 aromatic rings. The van der Waals surface area contributed by atoms with Crippen molar-refractivity contribution < 1.29 is 9.50 Å². The molecule has 0 aliphatic rings. The van der Waals surface area contributed by atoms with Crippen molar-refractivity contribution >= 4 is 34.3 Å². The largest absolute Gasteiger partial charge is 0.507 e. The van der Waals surface area contributed by atoms with E-state index in [0.29, 0.717) is 0 Å². The molecule has 2 heterocycles. The Kier molecular flexibility index (Phi) is 5.00. The Labute approximate surface area is 174 Å².